The third kappa shape index (κ3) is 3.61. The van der Waals surface area contributed by atoms with Crippen LogP contribution in [0, 0.1) is 0 Å². The summed E-state index contributed by atoms with van der Waals surface area (Å²) in [4.78, 5) is 0.296. The molecular weight excluding hydrogens is 366 g/mol. The van der Waals surface area contributed by atoms with Crippen LogP contribution in [0.2, 0.25) is 0 Å². The molecule has 1 fully saturated rings. The predicted octanol–water partition coefficient (Wildman–Crippen LogP) is 3.38. The first-order chi connectivity index (χ1) is 12.9. The van der Waals surface area contributed by atoms with Crippen LogP contribution in [0.25, 0.3) is 0 Å². The van der Waals surface area contributed by atoms with Gasteiger partial charge in [-0.05, 0) is 68.1 Å². The van der Waals surface area contributed by atoms with E-state index in [0.29, 0.717) is 23.7 Å². The smallest absolute Gasteiger partial charge is 0.243 e. The van der Waals surface area contributed by atoms with Crippen molar-refractivity contribution in [3.8, 4) is 17.2 Å². The fourth-order valence-corrected chi connectivity index (χ4v) is 5.00. The second kappa shape index (κ2) is 7.05. The maximum atomic E-state index is 13.0. The molecule has 0 radical (unpaired) electrons. The molecule has 0 spiro atoms. The molecule has 2 aliphatic rings. The number of rotatable bonds is 5. The summed E-state index contributed by atoms with van der Waals surface area (Å²) in [5.74, 6) is 2.29. The normalized spacial score (nSPS) is 19.6. The molecule has 2 aromatic carbocycles. The molecule has 1 unspecified atom stereocenters. The number of hydrogen-bond acceptors (Lipinski definition) is 5. The van der Waals surface area contributed by atoms with Crippen molar-refractivity contribution in [3.63, 3.8) is 0 Å². The highest BCUT2D eigenvalue weighted by Crippen LogP contribution is 2.38. The van der Waals surface area contributed by atoms with E-state index < -0.39 is 10.0 Å². The summed E-state index contributed by atoms with van der Waals surface area (Å²) < 4.78 is 43.9. The van der Waals surface area contributed by atoms with E-state index in [1.54, 1.807) is 28.6 Å². The number of nitrogens with zero attached hydrogens (tertiary/aromatic N) is 1. The average molecular weight is 389 g/mol. The molecule has 1 saturated heterocycles. The quantitative estimate of drug-likeness (QED) is 0.784. The summed E-state index contributed by atoms with van der Waals surface area (Å²) in [5.41, 5.74) is 1.08. The van der Waals surface area contributed by atoms with E-state index in [1.165, 1.54) is 0 Å². The largest absolute Gasteiger partial charge is 0.491 e. The van der Waals surface area contributed by atoms with Gasteiger partial charge in [0.2, 0.25) is 16.8 Å². The van der Waals surface area contributed by atoms with Crippen LogP contribution in [-0.2, 0) is 10.0 Å². The molecule has 2 aromatic rings. The molecule has 2 heterocycles. The molecular formula is C20H23NO5S. The summed E-state index contributed by atoms with van der Waals surface area (Å²) >= 11 is 0. The maximum Gasteiger partial charge on any atom is 0.243 e. The van der Waals surface area contributed by atoms with Gasteiger partial charge in [-0.2, -0.15) is 4.31 Å². The fourth-order valence-electron chi connectivity index (χ4n) is 3.50. The zero-order chi connectivity index (χ0) is 19.0. The molecule has 1 atom stereocenters. The minimum atomic E-state index is -3.51. The Morgan fingerprint density at radius 3 is 2.56 bits per heavy atom. The molecule has 7 heteroatoms. The lowest BCUT2D eigenvalue weighted by Crippen LogP contribution is -2.28. The Hall–Kier alpha value is -2.25. The van der Waals surface area contributed by atoms with Crippen LogP contribution < -0.4 is 14.2 Å². The lowest BCUT2D eigenvalue weighted by molar-refractivity contribution is 0.174. The third-order valence-electron chi connectivity index (χ3n) is 4.85. The van der Waals surface area contributed by atoms with Gasteiger partial charge in [-0.15, -0.1) is 0 Å². The van der Waals surface area contributed by atoms with Crippen molar-refractivity contribution in [2.45, 2.75) is 37.2 Å². The molecule has 0 aliphatic carbocycles. The SMILES string of the molecule is CC(C)Oc1ccc(S(=O)(=O)N2CCC(c3ccc4c(c3)OCO4)C2)cc1. The van der Waals surface area contributed by atoms with Gasteiger partial charge in [0.25, 0.3) is 0 Å². The van der Waals surface area contributed by atoms with Crippen LogP contribution in [0.4, 0.5) is 0 Å². The minimum Gasteiger partial charge on any atom is -0.491 e. The van der Waals surface area contributed by atoms with Gasteiger partial charge in [0.15, 0.2) is 11.5 Å². The van der Waals surface area contributed by atoms with E-state index in [2.05, 4.69) is 0 Å². The predicted molar refractivity (Wildman–Crippen MR) is 101 cm³/mol. The molecule has 144 valence electrons. The Labute approximate surface area is 159 Å². The lowest BCUT2D eigenvalue weighted by atomic mass is 9.98. The second-order valence-corrected chi connectivity index (χ2v) is 9.04. The molecule has 4 rings (SSSR count). The molecule has 0 aromatic heterocycles. The molecule has 0 saturated carbocycles. The summed E-state index contributed by atoms with van der Waals surface area (Å²) in [6.45, 7) is 5.08. The Balaban J connectivity index is 1.49. The van der Waals surface area contributed by atoms with Gasteiger partial charge in [-0.3, -0.25) is 0 Å². The molecule has 0 bridgehead atoms. The maximum absolute atomic E-state index is 13.0. The zero-order valence-electron chi connectivity index (χ0n) is 15.4. The van der Waals surface area contributed by atoms with Crippen LogP contribution in [0.5, 0.6) is 17.2 Å². The first-order valence-corrected chi connectivity index (χ1v) is 10.5. The molecule has 0 N–H and O–H groups in total. The number of hydrogen-bond donors (Lipinski definition) is 0. The van der Waals surface area contributed by atoms with E-state index in [4.69, 9.17) is 14.2 Å². The highest BCUT2D eigenvalue weighted by molar-refractivity contribution is 7.89. The summed E-state index contributed by atoms with van der Waals surface area (Å²) in [5, 5.41) is 0. The number of fused-ring (bicyclic) bond motifs is 1. The topological polar surface area (TPSA) is 65.1 Å². The van der Waals surface area contributed by atoms with E-state index in [-0.39, 0.29) is 18.8 Å². The van der Waals surface area contributed by atoms with Gasteiger partial charge in [-0.1, -0.05) is 6.07 Å². The summed E-state index contributed by atoms with van der Waals surface area (Å²) in [6, 6.07) is 12.5. The average Bonchev–Trinajstić information content (AvgIpc) is 3.30. The van der Waals surface area contributed by atoms with Crippen LogP contribution in [0.1, 0.15) is 31.7 Å². The van der Waals surface area contributed by atoms with Crippen LogP contribution >= 0.6 is 0 Å². The Morgan fingerprint density at radius 1 is 1.07 bits per heavy atom. The van der Waals surface area contributed by atoms with Gasteiger partial charge >= 0.3 is 0 Å². The molecule has 27 heavy (non-hydrogen) atoms. The standard InChI is InChI=1S/C20H23NO5S/c1-14(2)26-17-4-6-18(7-5-17)27(22,23)21-10-9-16(12-21)15-3-8-19-20(11-15)25-13-24-19/h3-8,11,14,16H,9-10,12-13H2,1-2H3. The molecule has 0 amide bonds. The van der Waals surface area contributed by atoms with Gasteiger partial charge in [0.1, 0.15) is 5.75 Å². The number of benzene rings is 2. The van der Waals surface area contributed by atoms with Gasteiger partial charge in [0.05, 0.1) is 11.0 Å². The Morgan fingerprint density at radius 2 is 1.81 bits per heavy atom. The van der Waals surface area contributed by atoms with E-state index in [0.717, 1.165) is 23.5 Å². The monoisotopic (exact) mass is 389 g/mol. The number of sulfonamides is 1. The van der Waals surface area contributed by atoms with Crippen LogP contribution in [0.3, 0.4) is 0 Å². The molecule has 6 nitrogen and oxygen atoms in total. The summed E-state index contributed by atoms with van der Waals surface area (Å²) in [6.07, 6.45) is 0.835. The van der Waals surface area contributed by atoms with E-state index in [9.17, 15) is 8.42 Å². The first kappa shape index (κ1) is 18.1. The molecule has 2 aliphatic heterocycles. The highest BCUT2D eigenvalue weighted by atomic mass is 32.2. The van der Waals surface area contributed by atoms with Gasteiger partial charge in [0, 0.05) is 13.1 Å². The minimum absolute atomic E-state index is 0.0495. The van der Waals surface area contributed by atoms with Crippen molar-refractivity contribution >= 4 is 10.0 Å². The van der Waals surface area contributed by atoms with Gasteiger partial charge in [-0.25, -0.2) is 8.42 Å². The lowest BCUT2D eigenvalue weighted by Gasteiger charge is -2.17. The van der Waals surface area contributed by atoms with Crippen LogP contribution in [-0.4, -0.2) is 38.7 Å². The van der Waals surface area contributed by atoms with Crippen molar-refractivity contribution in [2.24, 2.45) is 0 Å². The Bertz CT molecular complexity index is 924. The van der Waals surface area contributed by atoms with Crippen molar-refractivity contribution in [1.82, 2.24) is 4.31 Å². The zero-order valence-corrected chi connectivity index (χ0v) is 16.2. The summed E-state index contributed by atoms with van der Waals surface area (Å²) in [7, 11) is -3.51. The van der Waals surface area contributed by atoms with Crippen molar-refractivity contribution in [1.29, 1.82) is 0 Å². The second-order valence-electron chi connectivity index (χ2n) is 7.10. The Kier molecular flexibility index (Phi) is 4.74. The van der Waals surface area contributed by atoms with E-state index >= 15 is 0 Å². The fraction of sp³-hybridized carbons (Fsp3) is 0.400. The number of ether oxygens (including phenoxy) is 3. The van der Waals surface area contributed by atoms with Crippen molar-refractivity contribution in [2.75, 3.05) is 19.9 Å². The van der Waals surface area contributed by atoms with Crippen molar-refractivity contribution < 1.29 is 22.6 Å². The van der Waals surface area contributed by atoms with E-state index in [1.807, 2.05) is 32.0 Å². The highest BCUT2D eigenvalue weighted by Gasteiger charge is 2.33. The van der Waals surface area contributed by atoms with Crippen LogP contribution in [0.15, 0.2) is 47.4 Å². The first-order valence-electron chi connectivity index (χ1n) is 9.10. The van der Waals surface area contributed by atoms with Gasteiger partial charge < -0.3 is 14.2 Å². The van der Waals surface area contributed by atoms with Crippen molar-refractivity contribution in [3.05, 3.63) is 48.0 Å². The third-order valence-corrected chi connectivity index (χ3v) is 6.73.